The molecule has 28 heavy (non-hydrogen) atoms. The Morgan fingerprint density at radius 3 is 2.36 bits per heavy atom. The number of fused-ring (bicyclic) bond motifs is 3. The van der Waals surface area contributed by atoms with Crippen LogP contribution in [-0.4, -0.2) is 24.2 Å². The van der Waals surface area contributed by atoms with E-state index in [0.717, 1.165) is 5.56 Å². The Labute approximate surface area is 163 Å². The second-order valence-electron chi connectivity index (χ2n) is 6.63. The SMILES string of the molecule is Nc1ccc(C=CCNC(=O)OCC2c3ccccc3-c3ccccc32)cn1. The average molecular weight is 371 g/mol. The van der Waals surface area contributed by atoms with Crippen LogP contribution in [0.1, 0.15) is 22.6 Å². The van der Waals surface area contributed by atoms with Crippen LogP contribution in [0.25, 0.3) is 17.2 Å². The molecule has 140 valence electrons. The van der Waals surface area contributed by atoms with Crippen LogP contribution >= 0.6 is 0 Å². The van der Waals surface area contributed by atoms with Gasteiger partial charge in [-0.2, -0.15) is 0 Å². The minimum Gasteiger partial charge on any atom is -0.449 e. The van der Waals surface area contributed by atoms with Gasteiger partial charge >= 0.3 is 6.09 Å². The number of carbonyl (C=O) groups excluding carboxylic acids is 1. The van der Waals surface area contributed by atoms with Crippen LogP contribution < -0.4 is 11.1 Å². The van der Waals surface area contributed by atoms with Crippen LogP contribution in [0.3, 0.4) is 0 Å². The predicted octanol–water partition coefficient (Wildman–Crippen LogP) is 4.22. The van der Waals surface area contributed by atoms with E-state index < -0.39 is 6.09 Å². The average Bonchev–Trinajstić information content (AvgIpc) is 3.05. The molecule has 0 saturated carbocycles. The van der Waals surface area contributed by atoms with Gasteiger partial charge < -0.3 is 15.8 Å². The summed E-state index contributed by atoms with van der Waals surface area (Å²) in [5, 5.41) is 2.74. The van der Waals surface area contributed by atoms with Crippen LogP contribution in [0.2, 0.25) is 0 Å². The summed E-state index contributed by atoms with van der Waals surface area (Å²) in [4.78, 5) is 16.1. The zero-order valence-corrected chi connectivity index (χ0v) is 15.3. The molecule has 1 aliphatic rings. The van der Waals surface area contributed by atoms with Gasteiger partial charge in [0.05, 0.1) is 0 Å². The van der Waals surface area contributed by atoms with Gasteiger partial charge in [-0.05, 0) is 39.9 Å². The zero-order chi connectivity index (χ0) is 19.3. The fourth-order valence-electron chi connectivity index (χ4n) is 3.50. The normalized spacial score (nSPS) is 12.6. The molecule has 0 aliphatic heterocycles. The number of benzene rings is 2. The van der Waals surface area contributed by atoms with Gasteiger partial charge in [0.1, 0.15) is 12.4 Å². The zero-order valence-electron chi connectivity index (χ0n) is 15.3. The lowest BCUT2D eigenvalue weighted by Gasteiger charge is -2.14. The Bertz CT molecular complexity index is 967. The van der Waals surface area contributed by atoms with Crippen molar-refractivity contribution in [2.24, 2.45) is 0 Å². The number of aromatic nitrogens is 1. The highest BCUT2D eigenvalue weighted by atomic mass is 16.5. The number of nitrogens with zero attached hydrogens (tertiary/aromatic N) is 1. The Morgan fingerprint density at radius 2 is 1.71 bits per heavy atom. The maximum atomic E-state index is 12.1. The number of hydrogen-bond donors (Lipinski definition) is 2. The summed E-state index contributed by atoms with van der Waals surface area (Å²) in [5.41, 5.74) is 11.3. The highest BCUT2D eigenvalue weighted by molar-refractivity contribution is 5.79. The largest absolute Gasteiger partial charge is 0.449 e. The van der Waals surface area contributed by atoms with Crippen LogP contribution in [-0.2, 0) is 4.74 Å². The van der Waals surface area contributed by atoms with Gasteiger partial charge in [0.25, 0.3) is 0 Å². The van der Waals surface area contributed by atoms with Crippen LogP contribution in [0, 0.1) is 0 Å². The Balaban J connectivity index is 1.33. The van der Waals surface area contributed by atoms with E-state index in [1.807, 2.05) is 42.5 Å². The van der Waals surface area contributed by atoms with Gasteiger partial charge in [-0.3, -0.25) is 0 Å². The maximum Gasteiger partial charge on any atom is 0.407 e. The molecule has 0 unspecified atom stereocenters. The lowest BCUT2D eigenvalue weighted by Crippen LogP contribution is -2.26. The van der Waals surface area contributed by atoms with E-state index in [2.05, 4.69) is 34.6 Å². The number of alkyl carbamates (subject to hydrolysis) is 1. The fourth-order valence-corrected chi connectivity index (χ4v) is 3.50. The fraction of sp³-hybridized carbons (Fsp3) is 0.130. The highest BCUT2D eigenvalue weighted by Gasteiger charge is 2.28. The number of amides is 1. The molecule has 0 spiro atoms. The van der Waals surface area contributed by atoms with E-state index in [1.165, 1.54) is 22.3 Å². The van der Waals surface area contributed by atoms with E-state index in [4.69, 9.17) is 10.5 Å². The standard InChI is InChI=1S/C23H21N3O2/c24-22-12-11-16(14-26-22)6-5-13-25-23(27)28-15-21-19-9-3-1-7-17(19)18-8-2-4-10-20(18)21/h1-12,14,21H,13,15H2,(H2,24,26)(H,25,27). The monoisotopic (exact) mass is 371 g/mol. The molecule has 3 N–H and O–H groups in total. The molecule has 1 heterocycles. The summed E-state index contributed by atoms with van der Waals surface area (Å²) in [5.74, 6) is 0.545. The van der Waals surface area contributed by atoms with Crippen molar-refractivity contribution in [1.82, 2.24) is 10.3 Å². The smallest absolute Gasteiger partial charge is 0.407 e. The molecule has 3 aromatic rings. The molecule has 0 radical (unpaired) electrons. The van der Waals surface area contributed by atoms with Crippen molar-refractivity contribution in [2.45, 2.75) is 5.92 Å². The van der Waals surface area contributed by atoms with Crippen molar-refractivity contribution in [3.05, 3.63) is 89.6 Å². The van der Waals surface area contributed by atoms with Crippen LogP contribution in [0.4, 0.5) is 10.6 Å². The third-order valence-corrected chi connectivity index (χ3v) is 4.83. The molecule has 1 aliphatic carbocycles. The quantitative estimate of drug-likeness (QED) is 0.704. The first kappa shape index (κ1) is 17.8. The molecule has 0 saturated heterocycles. The number of ether oxygens (including phenoxy) is 1. The molecule has 0 bridgehead atoms. The lowest BCUT2D eigenvalue weighted by molar-refractivity contribution is 0.144. The van der Waals surface area contributed by atoms with Gasteiger partial charge in [-0.25, -0.2) is 9.78 Å². The van der Waals surface area contributed by atoms with Gasteiger partial charge in [-0.15, -0.1) is 0 Å². The van der Waals surface area contributed by atoms with Gasteiger partial charge in [-0.1, -0.05) is 60.7 Å². The second-order valence-corrected chi connectivity index (χ2v) is 6.63. The van der Waals surface area contributed by atoms with E-state index in [9.17, 15) is 4.79 Å². The first-order chi connectivity index (χ1) is 13.7. The van der Waals surface area contributed by atoms with Gasteiger partial charge in [0.15, 0.2) is 0 Å². The first-order valence-electron chi connectivity index (χ1n) is 9.19. The number of pyridine rings is 1. The number of nitrogens with one attached hydrogen (secondary N) is 1. The van der Waals surface area contributed by atoms with Crippen molar-refractivity contribution in [3.63, 3.8) is 0 Å². The summed E-state index contributed by atoms with van der Waals surface area (Å²) in [6.45, 7) is 0.687. The Morgan fingerprint density at radius 1 is 1.04 bits per heavy atom. The van der Waals surface area contributed by atoms with E-state index in [1.54, 1.807) is 12.3 Å². The summed E-state index contributed by atoms with van der Waals surface area (Å²) < 4.78 is 5.49. The predicted molar refractivity (Wildman–Crippen MR) is 111 cm³/mol. The number of hydrogen-bond acceptors (Lipinski definition) is 4. The molecule has 5 nitrogen and oxygen atoms in total. The first-order valence-corrected chi connectivity index (χ1v) is 9.19. The minimum atomic E-state index is -0.429. The van der Waals surface area contributed by atoms with Crippen LogP contribution in [0.5, 0.6) is 0 Å². The summed E-state index contributed by atoms with van der Waals surface area (Å²) in [7, 11) is 0. The third kappa shape index (κ3) is 3.74. The number of nitrogens with two attached hydrogens (primary N) is 1. The van der Waals surface area contributed by atoms with Crippen LogP contribution in [0.15, 0.2) is 72.9 Å². The van der Waals surface area contributed by atoms with Crippen molar-refractivity contribution in [3.8, 4) is 11.1 Å². The second kappa shape index (κ2) is 7.96. The van der Waals surface area contributed by atoms with Crippen molar-refractivity contribution >= 4 is 18.0 Å². The number of carbonyl (C=O) groups is 1. The molecular weight excluding hydrogens is 350 g/mol. The van der Waals surface area contributed by atoms with E-state index in [-0.39, 0.29) is 5.92 Å². The number of nitrogen functional groups attached to an aromatic ring is 1. The topological polar surface area (TPSA) is 77.2 Å². The number of anilines is 1. The maximum absolute atomic E-state index is 12.1. The molecular formula is C23H21N3O2. The summed E-state index contributed by atoms with van der Waals surface area (Å²) >= 11 is 0. The van der Waals surface area contributed by atoms with Gasteiger partial charge in [0.2, 0.25) is 0 Å². The van der Waals surface area contributed by atoms with Crippen molar-refractivity contribution in [1.29, 1.82) is 0 Å². The van der Waals surface area contributed by atoms with Gasteiger partial charge in [0, 0.05) is 18.7 Å². The molecule has 0 fully saturated rings. The summed E-state index contributed by atoms with van der Waals surface area (Å²) in [6.07, 6.45) is 4.96. The Kier molecular flexibility index (Phi) is 5.06. The highest BCUT2D eigenvalue weighted by Crippen LogP contribution is 2.44. The lowest BCUT2D eigenvalue weighted by atomic mass is 9.98. The molecule has 1 aromatic heterocycles. The van der Waals surface area contributed by atoms with E-state index >= 15 is 0 Å². The Hall–Kier alpha value is -3.60. The third-order valence-electron chi connectivity index (χ3n) is 4.83. The molecule has 2 aromatic carbocycles. The molecule has 1 amide bonds. The van der Waals surface area contributed by atoms with Crippen molar-refractivity contribution < 1.29 is 9.53 Å². The molecule has 0 atom stereocenters. The van der Waals surface area contributed by atoms with Crippen molar-refractivity contribution in [2.75, 3.05) is 18.9 Å². The molecule has 4 rings (SSSR count). The minimum absolute atomic E-state index is 0.0644. The van der Waals surface area contributed by atoms with E-state index in [0.29, 0.717) is 19.0 Å². The molecule has 5 heteroatoms. The summed E-state index contributed by atoms with van der Waals surface area (Å²) in [6, 6.07) is 20.2. The number of rotatable bonds is 5.